The molecule has 4 aromatic carbocycles. The Labute approximate surface area is 217 Å². The van der Waals surface area contributed by atoms with Crippen LogP contribution >= 0.6 is 0 Å². The maximum atomic E-state index is 13.6. The summed E-state index contributed by atoms with van der Waals surface area (Å²) in [6.07, 6.45) is 0. The van der Waals surface area contributed by atoms with Gasteiger partial charge in [-0.1, -0.05) is 30.3 Å². The van der Waals surface area contributed by atoms with E-state index in [1.807, 2.05) is 24.3 Å². The Morgan fingerprint density at radius 2 is 1.58 bits per heavy atom. The Hall–Kier alpha value is -4.51. The first-order chi connectivity index (χ1) is 18.1. The number of anilines is 2. The minimum Gasteiger partial charge on any atom is -0.482 e. The molecule has 0 saturated carbocycles. The number of esters is 1. The van der Waals surface area contributed by atoms with Crippen LogP contribution in [-0.4, -0.2) is 40.6 Å². The lowest BCUT2D eigenvalue weighted by atomic mass is 10.1. The van der Waals surface area contributed by atoms with Crippen molar-refractivity contribution in [3.05, 3.63) is 96.6 Å². The summed E-state index contributed by atoms with van der Waals surface area (Å²) in [5, 5.41) is 3.83. The Morgan fingerprint density at radius 1 is 0.868 bits per heavy atom. The summed E-state index contributed by atoms with van der Waals surface area (Å²) in [7, 11) is -2.40. The van der Waals surface area contributed by atoms with Crippen molar-refractivity contribution in [1.82, 2.24) is 0 Å². The van der Waals surface area contributed by atoms with Gasteiger partial charge in [0.05, 0.1) is 16.3 Å². The lowest BCUT2D eigenvalue weighted by Crippen LogP contribution is -2.26. The van der Waals surface area contributed by atoms with Crippen molar-refractivity contribution in [3.63, 3.8) is 0 Å². The third kappa shape index (κ3) is 6.24. The van der Waals surface area contributed by atoms with E-state index in [4.69, 9.17) is 9.47 Å². The lowest BCUT2D eigenvalue weighted by Gasteiger charge is -2.20. The molecule has 0 heterocycles. The van der Waals surface area contributed by atoms with E-state index in [1.54, 1.807) is 18.2 Å². The summed E-state index contributed by atoms with van der Waals surface area (Å²) in [6, 6.07) is 20.9. The first kappa shape index (κ1) is 26.6. The summed E-state index contributed by atoms with van der Waals surface area (Å²) in [6.45, 7) is -1.26. The third-order valence-electron chi connectivity index (χ3n) is 5.50. The Bertz CT molecular complexity index is 1590. The molecule has 0 aliphatic heterocycles. The zero-order chi connectivity index (χ0) is 27.3. The molecule has 0 fully saturated rings. The largest absolute Gasteiger partial charge is 0.482 e. The molecule has 0 saturated heterocycles. The number of fused-ring (bicyclic) bond motifs is 1. The molecule has 0 atom stereocenters. The molecule has 0 bridgehead atoms. The molecule has 0 aliphatic rings. The van der Waals surface area contributed by atoms with Gasteiger partial charge in [0.25, 0.3) is 15.9 Å². The molecule has 4 rings (SSSR count). The second kappa shape index (κ2) is 11.3. The second-order valence-electron chi connectivity index (χ2n) is 8.10. The Balaban J connectivity index is 1.30. The number of sulfonamides is 1. The standard InChI is InChI=1S/C27H22F2N2O6S/c1-31(38(34,35)23-12-6-18-4-2-3-5-19(18)14-23)21-8-10-22(11-9-21)36-17-27(33)37-16-26(32)30-25-15-20(28)7-13-24(25)29/h2-15H,16-17H2,1H3,(H,30,32). The molecule has 0 radical (unpaired) electrons. The van der Waals surface area contributed by atoms with Crippen LogP contribution in [0.25, 0.3) is 10.8 Å². The van der Waals surface area contributed by atoms with E-state index in [2.05, 4.69) is 5.32 Å². The van der Waals surface area contributed by atoms with E-state index in [9.17, 15) is 26.8 Å². The van der Waals surface area contributed by atoms with Crippen LogP contribution in [0.4, 0.5) is 20.2 Å². The molecule has 38 heavy (non-hydrogen) atoms. The Kier molecular flexibility index (Phi) is 7.87. The van der Waals surface area contributed by atoms with Gasteiger partial charge in [-0.25, -0.2) is 22.0 Å². The van der Waals surface area contributed by atoms with Crippen molar-refractivity contribution < 1.29 is 36.3 Å². The fraction of sp³-hybridized carbons (Fsp3) is 0.111. The van der Waals surface area contributed by atoms with Crippen LogP contribution in [0.3, 0.4) is 0 Å². The molecule has 0 aliphatic carbocycles. The van der Waals surface area contributed by atoms with E-state index in [-0.39, 0.29) is 16.3 Å². The topological polar surface area (TPSA) is 102 Å². The number of nitrogens with one attached hydrogen (secondary N) is 1. The van der Waals surface area contributed by atoms with Crippen LogP contribution in [0.1, 0.15) is 0 Å². The van der Waals surface area contributed by atoms with E-state index >= 15 is 0 Å². The molecule has 1 N–H and O–H groups in total. The highest BCUT2D eigenvalue weighted by Gasteiger charge is 2.22. The summed E-state index contributed by atoms with van der Waals surface area (Å²) in [5.41, 5.74) is -0.00989. The fourth-order valence-corrected chi connectivity index (χ4v) is 4.72. The van der Waals surface area contributed by atoms with E-state index in [0.29, 0.717) is 5.69 Å². The predicted octanol–water partition coefficient (Wildman–Crippen LogP) is 4.50. The molecule has 1 amide bonds. The number of ether oxygens (including phenoxy) is 2. The number of rotatable bonds is 9. The van der Waals surface area contributed by atoms with Gasteiger partial charge < -0.3 is 14.8 Å². The van der Waals surface area contributed by atoms with Crippen molar-refractivity contribution in [1.29, 1.82) is 0 Å². The Morgan fingerprint density at radius 3 is 2.32 bits per heavy atom. The molecule has 8 nitrogen and oxygen atoms in total. The smallest absolute Gasteiger partial charge is 0.344 e. The number of carbonyl (C=O) groups is 2. The first-order valence-electron chi connectivity index (χ1n) is 11.2. The fourth-order valence-electron chi connectivity index (χ4n) is 3.49. The zero-order valence-electron chi connectivity index (χ0n) is 20.1. The van der Waals surface area contributed by atoms with Crippen molar-refractivity contribution >= 4 is 44.0 Å². The predicted molar refractivity (Wildman–Crippen MR) is 137 cm³/mol. The monoisotopic (exact) mass is 540 g/mol. The quantitative estimate of drug-likeness (QED) is 0.314. The number of amides is 1. The molecule has 0 unspecified atom stereocenters. The van der Waals surface area contributed by atoms with Crippen LogP contribution in [0.5, 0.6) is 5.75 Å². The van der Waals surface area contributed by atoms with Crippen molar-refractivity contribution in [2.24, 2.45) is 0 Å². The van der Waals surface area contributed by atoms with Gasteiger partial charge in [0.2, 0.25) is 0 Å². The van der Waals surface area contributed by atoms with Gasteiger partial charge in [0, 0.05) is 13.1 Å². The summed E-state index contributed by atoms with van der Waals surface area (Å²) < 4.78 is 64.2. The van der Waals surface area contributed by atoms with Crippen LogP contribution < -0.4 is 14.4 Å². The third-order valence-corrected chi connectivity index (χ3v) is 7.28. The first-order valence-corrected chi connectivity index (χ1v) is 12.7. The molecule has 11 heteroatoms. The van der Waals surface area contributed by atoms with E-state index in [1.165, 1.54) is 31.3 Å². The zero-order valence-corrected chi connectivity index (χ0v) is 20.9. The summed E-state index contributed by atoms with van der Waals surface area (Å²) in [5.74, 6) is -3.06. The van der Waals surface area contributed by atoms with Crippen LogP contribution in [-0.2, 0) is 24.3 Å². The molecule has 196 valence electrons. The molecule has 0 spiro atoms. The highest BCUT2D eigenvalue weighted by Crippen LogP contribution is 2.26. The lowest BCUT2D eigenvalue weighted by molar-refractivity contribution is -0.149. The van der Waals surface area contributed by atoms with Gasteiger partial charge in [0.15, 0.2) is 13.2 Å². The van der Waals surface area contributed by atoms with Crippen molar-refractivity contribution in [3.8, 4) is 5.75 Å². The molecular weight excluding hydrogens is 518 g/mol. The average Bonchev–Trinajstić information content (AvgIpc) is 2.92. The highest BCUT2D eigenvalue weighted by molar-refractivity contribution is 7.92. The van der Waals surface area contributed by atoms with Gasteiger partial charge in [-0.3, -0.25) is 9.10 Å². The molecule has 0 aromatic heterocycles. The minimum absolute atomic E-state index is 0.144. The normalized spacial score (nSPS) is 11.1. The van der Waals surface area contributed by atoms with Crippen LogP contribution in [0.15, 0.2) is 89.8 Å². The maximum Gasteiger partial charge on any atom is 0.344 e. The SMILES string of the molecule is CN(c1ccc(OCC(=O)OCC(=O)Nc2cc(F)ccc2F)cc1)S(=O)(=O)c1ccc2ccccc2c1. The number of carbonyl (C=O) groups excluding carboxylic acids is 2. The second-order valence-corrected chi connectivity index (χ2v) is 10.1. The number of benzene rings is 4. The number of hydrogen-bond acceptors (Lipinski definition) is 6. The van der Waals surface area contributed by atoms with Crippen molar-refractivity contribution in [2.75, 3.05) is 29.9 Å². The number of halogens is 2. The number of nitrogens with zero attached hydrogens (tertiary/aromatic N) is 1. The summed E-state index contributed by atoms with van der Waals surface area (Å²) >= 11 is 0. The van der Waals surface area contributed by atoms with Crippen molar-refractivity contribution in [2.45, 2.75) is 4.90 Å². The minimum atomic E-state index is -3.83. The van der Waals surface area contributed by atoms with Gasteiger partial charge in [-0.2, -0.15) is 0 Å². The highest BCUT2D eigenvalue weighted by atomic mass is 32.2. The molecule has 4 aromatic rings. The van der Waals surface area contributed by atoms with Gasteiger partial charge in [-0.15, -0.1) is 0 Å². The van der Waals surface area contributed by atoms with Crippen LogP contribution in [0.2, 0.25) is 0 Å². The van der Waals surface area contributed by atoms with Gasteiger partial charge >= 0.3 is 5.97 Å². The summed E-state index contributed by atoms with van der Waals surface area (Å²) in [4.78, 5) is 23.9. The maximum absolute atomic E-state index is 13.6. The number of hydrogen-bond donors (Lipinski definition) is 1. The molecular formula is C27H22F2N2O6S. The van der Waals surface area contributed by atoms with Gasteiger partial charge in [-0.05, 0) is 59.3 Å². The van der Waals surface area contributed by atoms with Crippen LogP contribution in [0, 0.1) is 11.6 Å². The van der Waals surface area contributed by atoms with Gasteiger partial charge in [0.1, 0.15) is 17.4 Å². The average molecular weight is 541 g/mol. The van der Waals surface area contributed by atoms with E-state index < -0.39 is 46.7 Å². The van der Waals surface area contributed by atoms with E-state index in [0.717, 1.165) is 33.3 Å².